The van der Waals surface area contributed by atoms with Crippen molar-refractivity contribution >= 4 is 16.9 Å². The van der Waals surface area contributed by atoms with E-state index in [1.165, 1.54) is 0 Å². The fourth-order valence-corrected chi connectivity index (χ4v) is 2.40. The summed E-state index contributed by atoms with van der Waals surface area (Å²) in [6.45, 7) is 3.87. The highest BCUT2D eigenvalue weighted by molar-refractivity contribution is 5.89. The van der Waals surface area contributed by atoms with Gasteiger partial charge in [0.15, 0.2) is 11.3 Å². The number of rotatable bonds is 1. The first-order valence-corrected chi connectivity index (χ1v) is 5.97. The van der Waals surface area contributed by atoms with Crippen LogP contribution in [0.2, 0.25) is 0 Å². The molecule has 4 heteroatoms. The van der Waals surface area contributed by atoms with Crippen molar-refractivity contribution in [3.05, 3.63) is 29.0 Å². The van der Waals surface area contributed by atoms with Crippen LogP contribution in [-0.4, -0.2) is 12.1 Å². The second-order valence-corrected chi connectivity index (χ2v) is 4.68. The Bertz CT molecular complexity index is 639. The summed E-state index contributed by atoms with van der Waals surface area (Å²) in [7, 11) is 0. The normalized spacial score (nSPS) is 18.4. The molecule has 94 valence electrons. The molecule has 18 heavy (non-hydrogen) atoms. The highest BCUT2D eigenvalue weighted by Crippen LogP contribution is 2.38. The number of carboxylic acid groups (broad SMARTS) is 1. The van der Waals surface area contributed by atoms with Crippen LogP contribution in [0, 0.1) is 13.8 Å². The van der Waals surface area contributed by atoms with E-state index in [9.17, 15) is 9.90 Å². The van der Waals surface area contributed by atoms with E-state index in [2.05, 4.69) is 0 Å². The summed E-state index contributed by atoms with van der Waals surface area (Å²) in [6, 6.07) is 3.98. The summed E-state index contributed by atoms with van der Waals surface area (Å²) in [5.41, 5.74) is 2.70. The predicted octanol–water partition coefficient (Wildman–Crippen LogP) is 1.49. The minimum absolute atomic E-state index is 0.444. The van der Waals surface area contributed by atoms with E-state index in [1.54, 1.807) is 0 Å². The lowest BCUT2D eigenvalue weighted by Crippen LogP contribution is -2.41. The van der Waals surface area contributed by atoms with Crippen molar-refractivity contribution in [3.63, 3.8) is 0 Å². The molecule has 1 aliphatic rings. The van der Waals surface area contributed by atoms with Crippen LogP contribution in [0.25, 0.3) is 11.0 Å². The van der Waals surface area contributed by atoms with E-state index in [0.717, 1.165) is 22.3 Å². The summed E-state index contributed by atoms with van der Waals surface area (Å²) in [4.78, 5) is 10.9. The molecule has 0 saturated carbocycles. The molecule has 0 amide bonds. The number of carboxylic acids is 1. The number of ether oxygens (including phenoxy) is 1. The molecule has 0 saturated heterocycles. The van der Waals surface area contributed by atoms with Crippen molar-refractivity contribution in [1.82, 2.24) is 0 Å². The molecule has 0 radical (unpaired) electrons. The first-order valence-electron chi connectivity index (χ1n) is 5.97. The maximum absolute atomic E-state index is 10.9. The number of fused-ring (bicyclic) bond motifs is 3. The summed E-state index contributed by atoms with van der Waals surface area (Å²) in [5.74, 6) is 0.222. The molecule has 0 fully saturated rings. The van der Waals surface area contributed by atoms with Crippen molar-refractivity contribution in [2.45, 2.75) is 32.8 Å². The Labute approximate surface area is 104 Å². The van der Waals surface area contributed by atoms with Crippen LogP contribution >= 0.6 is 0 Å². The van der Waals surface area contributed by atoms with Crippen LogP contribution in [0.15, 0.2) is 16.5 Å². The zero-order chi connectivity index (χ0) is 12.9. The third-order valence-electron chi connectivity index (χ3n) is 3.58. The second-order valence-electron chi connectivity index (χ2n) is 4.68. The lowest BCUT2D eigenvalue weighted by molar-refractivity contribution is -0.314. The highest BCUT2D eigenvalue weighted by atomic mass is 16.5. The van der Waals surface area contributed by atoms with Gasteiger partial charge in [0.25, 0.3) is 0 Å². The fraction of sp³-hybridized carbons (Fsp3) is 0.357. The van der Waals surface area contributed by atoms with Gasteiger partial charge in [0.05, 0.1) is 5.97 Å². The lowest BCUT2D eigenvalue weighted by atomic mass is 10.00. The standard InChI is InChI=1S/C14H14O4/c1-7-8(2)17-13-10(7)5-3-9-4-6-11(14(15)16)18-12(9)13/h3,5,11H,4,6H2,1-2H3,(H,15,16)/p-1. The van der Waals surface area contributed by atoms with Crippen LogP contribution < -0.4 is 9.84 Å². The largest absolute Gasteiger partial charge is 0.546 e. The van der Waals surface area contributed by atoms with Crippen LogP contribution in [0.3, 0.4) is 0 Å². The van der Waals surface area contributed by atoms with E-state index in [0.29, 0.717) is 24.2 Å². The number of aliphatic carboxylic acids is 1. The molecule has 0 bridgehead atoms. The quantitative estimate of drug-likeness (QED) is 0.763. The number of hydrogen-bond donors (Lipinski definition) is 0. The van der Waals surface area contributed by atoms with Gasteiger partial charge in [-0.15, -0.1) is 0 Å². The first-order chi connectivity index (χ1) is 8.58. The fourth-order valence-electron chi connectivity index (χ4n) is 2.40. The Kier molecular flexibility index (Phi) is 2.33. The van der Waals surface area contributed by atoms with Gasteiger partial charge < -0.3 is 19.1 Å². The average molecular weight is 245 g/mol. The van der Waals surface area contributed by atoms with Gasteiger partial charge in [0.2, 0.25) is 0 Å². The van der Waals surface area contributed by atoms with Crippen molar-refractivity contribution in [1.29, 1.82) is 0 Å². The Hall–Kier alpha value is -1.97. The number of benzene rings is 1. The summed E-state index contributed by atoms with van der Waals surface area (Å²) in [5, 5.41) is 11.9. The van der Waals surface area contributed by atoms with Gasteiger partial charge in [-0.25, -0.2) is 0 Å². The van der Waals surface area contributed by atoms with Crippen molar-refractivity contribution in [2.75, 3.05) is 0 Å². The minimum Gasteiger partial charge on any atom is -0.546 e. The number of furan rings is 1. The summed E-state index contributed by atoms with van der Waals surface area (Å²) in [6.07, 6.45) is 0.233. The highest BCUT2D eigenvalue weighted by Gasteiger charge is 2.25. The zero-order valence-electron chi connectivity index (χ0n) is 10.3. The zero-order valence-corrected chi connectivity index (χ0v) is 10.3. The Morgan fingerprint density at radius 3 is 2.89 bits per heavy atom. The van der Waals surface area contributed by atoms with E-state index < -0.39 is 12.1 Å². The van der Waals surface area contributed by atoms with Gasteiger partial charge in [0, 0.05) is 5.39 Å². The van der Waals surface area contributed by atoms with Crippen LogP contribution in [0.5, 0.6) is 5.75 Å². The molecule has 1 aromatic heterocycles. The Morgan fingerprint density at radius 2 is 2.17 bits per heavy atom. The van der Waals surface area contributed by atoms with E-state index in [1.807, 2.05) is 26.0 Å². The van der Waals surface area contributed by atoms with Gasteiger partial charge in [-0.3, -0.25) is 0 Å². The van der Waals surface area contributed by atoms with Gasteiger partial charge >= 0.3 is 0 Å². The summed E-state index contributed by atoms with van der Waals surface area (Å²) < 4.78 is 11.2. The third-order valence-corrected chi connectivity index (χ3v) is 3.58. The average Bonchev–Trinajstić information content (AvgIpc) is 2.65. The van der Waals surface area contributed by atoms with Gasteiger partial charge in [-0.05, 0) is 37.8 Å². The number of carbonyl (C=O) groups is 1. The molecular weight excluding hydrogens is 232 g/mol. The molecule has 0 spiro atoms. The van der Waals surface area contributed by atoms with E-state index in [4.69, 9.17) is 9.15 Å². The van der Waals surface area contributed by atoms with Crippen molar-refractivity contribution < 1.29 is 19.1 Å². The van der Waals surface area contributed by atoms with E-state index >= 15 is 0 Å². The van der Waals surface area contributed by atoms with Crippen LogP contribution in [-0.2, 0) is 11.2 Å². The Morgan fingerprint density at radius 1 is 1.39 bits per heavy atom. The summed E-state index contributed by atoms with van der Waals surface area (Å²) >= 11 is 0. The topological polar surface area (TPSA) is 62.5 Å². The molecule has 2 aromatic rings. The Balaban J connectivity index is 2.19. The first kappa shape index (κ1) is 11.1. The molecule has 3 rings (SSSR count). The molecule has 2 heterocycles. The second kappa shape index (κ2) is 3.77. The lowest BCUT2D eigenvalue weighted by Gasteiger charge is -2.26. The molecule has 1 aliphatic heterocycles. The van der Waals surface area contributed by atoms with E-state index in [-0.39, 0.29) is 0 Å². The van der Waals surface area contributed by atoms with Crippen molar-refractivity contribution in [2.24, 2.45) is 0 Å². The molecule has 1 atom stereocenters. The SMILES string of the molecule is Cc1oc2c3c(ccc2c1C)CCC(C(=O)[O-])O3. The maximum Gasteiger partial charge on any atom is 0.176 e. The molecule has 0 N–H and O–H groups in total. The van der Waals surface area contributed by atoms with Gasteiger partial charge in [-0.2, -0.15) is 0 Å². The molecular formula is C14H13O4-. The monoisotopic (exact) mass is 245 g/mol. The molecule has 1 unspecified atom stereocenters. The smallest absolute Gasteiger partial charge is 0.176 e. The van der Waals surface area contributed by atoms with Gasteiger partial charge in [0.1, 0.15) is 11.9 Å². The third kappa shape index (κ3) is 1.49. The minimum atomic E-state index is -1.17. The number of aryl methyl sites for hydroxylation is 3. The van der Waals surface area contributed by atoms with Crippen LogP contribution in [0.4, 0.5) is 0 Å². The van der Waals surface area contributed by atoms with Gasteiger partial charge in [-0.1, -0.05) is 12.1 Å². The molecule has 0 aliphatic carbocycles. The predicted molar refractivity (Wildman–Crippen MR) is 63.4 cm³/mol. The van der Waals surface area contributed by atoms with Crippen LogP contribution in [0.1, 0.15) is 23.3 Å². The van der Waals surface area contributed by atoms with Crippen molar-refractivity contribution in [3.8, 4) is 5.75 Å². The number of hydrogen-bond acceptors (Lipinski definition) is 4. The maximum atomic E-state index is 10.9. The molecule has 4 nitrogen and oxygen atoms in total. The number of carbonyl (C=O) groups excluding carboxylic acids is 1. The molecule has 1 aromatic carbocycles.